The summed E-state index contributed by atoms with van der Waals surface area (Å²) < 4.78 is 0. The van der Waals surface area contributed by atoms with E-state index >= 15 is 0 Å². The molecule has 2 aliphatic rings. The van der Waals surface area contributed by atoms with Gasteiger partial charge in [0.2, 0.25) is 5.91 Å². The number of nitrogens with one attached hydrogen (secondary N) is 2. The molecule has 0 bridgehead atoms. The normalized spacial score (nSPS) is 21.9. The first-order valence-electron chi connectivity index (χ1n) is 6.94. The van der Waals surface area contributed by atoms with Gasteiger partial charge in [0.15, 0.2) is 0 Å². The predicted octanol–water partition coefficient (Wildman–Crippen LogP) is 2.41. The first kappa shape index (κ1) is 15.5. The van der Waals surface area contributed by atoms with E-state index in [1.165, 1.54) is 18.4 Å². The van der Waals surface area contributed by atoms with E-state index in [1.807, 2.05) is 0 Å². The second-order valence-corrected chi connectivity index (χ2v) is 5.34. The lowest BCUT2D eigenvalue weighted by molar-refractivity contribution is -0.130. The van der Waals surface area contributed by atoms with E-state index in [4.69, 9.17) is 0 Å². The molecule has 0 unspecified atom stereocenters. The van der Waals surface area contributed by atoms with Crippen LogP contribution in [0.15, 0.2) is 11.6 Å². The Balaban J connectivity index is 0.00000162. The van der Waals surface area contributed by atoms with Crippen molar-refractivity contribution < 1.29 is 4.79 Å². The van der Waals surface area contributed by atoms with Gasteiger partial charge in [-0.25, -0.2) is 0 Å². The minimum atomic E-state index is -0.0481. The van der Waals surface area contributed by atoms with Crippen molar-refractivity contribution in [2.75, 3.05) is 19.6 Å². The van der Waals surface area contributed by atoms with Crippen molar-refractivity contribution in [2.45, 2.75) is 45.4 Å². The fraction of sp³-hybridized carbons (Fsp3) is 0.786. The summed E-state index contributed by atoms with van der Waals surface area (Å²) in [6.45, 7) is 4.89. The Kier molecular flexibility index (Phi) is 6.16. The summed E-state index contributed by atoms with van der Waals surface area (Å²) in [6, 6.07) is 0. The molecule has 0 aromatic rings. The van der Waals surface area contributed by atoms with Crippen molar-refractivity contribution in [1.82, 2.24) is 10.6 Å². The maximum Gasteiger partial charge on any atom is 0.226 e. The Bertz CT molecular complexity index is 309. The van der Waals surface area contributed by atoms with Crippen LogP contribution < -0.4 is 10.6 Å². The molecule has 2 rings (SSSR count). The third-order valence-electron chi connectivity index (χ3n) is 4.35. The number of amides is 1. The van der Waals surface area contributed by atoms with Gasteiger partial charge in [0.1, 0.15) is 0 Å². The van der Waals surface area contributed by atoms with Crippen LogP contribution in [0.25, 0.3) is 0 Å². The minimum Gasteiger partial charge on any atom is -0.352 e. The standard InChI is InChI=1S/C14H24N2O.ClH/c1-2-14(7-3-4-8-14)13(17)16-11-12-5-9-15-10-6-12;/h5,15H,2-4,6-11H2,1H3,(H,16,17);1H. The van der Waals surface area contributed by atoms with Gasteiger partial charge in [0, 0.05) is 18.5 Å². The Morgan fingerprint density at radius 3 is 2.72 bits per heavy atom. The molecule has 1 saturated carbocycles. The number of carbonyl (C=O) groups is 1. The lowest BCUT2D eigenvalue weighted by Crippen LogP contribution is -2.40. The highest BCUT2D eigenvalue weighted by Gasteiger charge is 2.38. The second-order valence-electron chi connectivity index (χ2n) is 5.34. The second kappa shape index (κ2) is 7.15. The zero-order chi connectivity index (χ0) is 12.1. The molecule has 0 saturated heterocycles. The lowest BCUT2D eigenvalue weighted by Gasteiger charge is -2.26. The van der Waals surface area contributed by atoms with Crippen LogP contribution >= 0.6 is 12.4 Å². The molecule has 0 aromatic heterocycles. The van der Waals surface area contributed by atoms with Gasteiger partial charge in [-0.3, -0.25) is 4.79 Å². The molecule has 104 valence electrons. The summed E-state index contributed by atoms with van der Waals surface area (Å²) in [5.74, 6) is 0.289. The highest BCUT2D eigenvalue weighted by molar-refractivity contribution is 5.85. The van der Waals surface area contributed by atoms with Gasteiger partial charge in [-0.1, -0.05) is 31.4 Å². The van der Waals surface area contributed by atoms with Gasteiger partial charge >= 0.3 is 0 Å². The van der Waals surface area contributed by atoms with E-state index in [0.717, 1.165) is 45.3 Å². The van der Waals surface area contributed by atoms with Crippen LogP contribution in [-0.2, 0) is 4.79 Å². The van der Waals surface area contributed by atoms with Crippen LogP contribution in [-0.4, -0.2) is 25.5 Å². The van der Waals surface area contributed by atoms with E-state index in [0.29, 0.717) is 0 Å². The Morgan fingerprint density at radius 1 is 1.44 bits per heavy atom. The molecule has 2 N–H and O–H groups in total. The van der Waals surface area contributed by atoms with Crippen LogP contribution in [0.4, 0.5) is 0 Å². The smallest absolute Gasteiger partial charge is 0.226 e. The van der Waals surface area contributed by atoms with Crippen LogP contribution in [0.2, 0.25) is 0 Å². The summed E-state index contributed by atoms with van der Waals surface area (Å²) in [6.07, 6.45) is 8.85. The SMILES string of the molecule is CCC1(C(=O)NCC2=CCNCC2)CCCC1.Cl. The highest BCUT2D eigenvalue weighted by Crippen LogP contribution is 2.41. The van der Waals surface area contributed by atoms with Crippen molar-refractivity contribution in [1.29, 1.82) is 0 Å². The monoisotopic (exact) mass is 272 g/mol. The lowest BCUT2D eigenvalue weighted by atomic mass is 9.82. The summed E-state index contributed by atoms with van der Waals surface area (Å²) >= 11 is 0. The van der Waals surface area contributed by atoms with Gasteiger partial charge in [-0.15, -0.1) is 12.4 Å². The van der Waals surface area contributed by atoms with Crippen LogP contribution in [0, 0.1) is 5.41 Å². The minimum absolute atomic E-state index is 0. The Labute approximate surface area is 116 Å². The number of carbonyl (C=O) groups excluding carboxylic acids is 1. The number of rotatable bonds is 4. The van der Waals surface area contributed by atoms with E-state index < -0.39 is 0 Å². The summed E-state index contributed by atoms with van der Waals surface area (Å²) in [4.78, 5) is 12.3. The van der Waals surface area contributed by atoms with E-state index in [1.54, 1.807) is 0 Å². The third-order valence-corrected chi connectivity index (χ3v) is 4.35. The molecule has 0 radical (unpaired) electrons. The molecule has 1 fully saturated rings. The van der Waals surface area contributed by atoms with Crippen molar-refractivity contribution >= 4 is 18.3 Å². The molecule has 1 heterocycles. The topological polar surface area (TPSA) is 41.1 Å². The molecule has 0 aromatic carbocycles. The Morgan fingerprint density at radius 2 is 2.17 bits per heavy atom. The van der Waals surface area contributed by atoms with Crippen molar-refractivity contribution in [2.24, 2.45) is 5.41 Å². The van der Waals surface area contributed by atoms with E-state index in [2.05, 4.69) is 23.6 Å². The maximum absolute atomic E-state index is 12.3. The molecule has 18 heavy (non-hydrogen) atoms. The third kappa shape index (κ3) is 3.48. The zero-order valence-electron chi connectivity index (χ0n) is 11.3. The summed E-state index contributed by atoms with van der Waals surface area (Å²) in [7, 11) is 0. The number of hydrogen-bond acceptors (Lipinski definition) is 2. The molecule has 0 atom stereocenters. The van der Waals surface area contributed by atoms with Crippen LogP contribution in [0.5, 0.6) is 0 Å². The van der Waals surface area contributed by atoms with Crippen molar-refractivity contribution in [3.8, 4) is 0 Å². The molecule has 1 aliphatic heterocycles. The predicted molar refractivity (Wildman–Crippen MR) is 77.0 cm³/mol. The van der Waals surface area contributed by atoms with Crippen LogP contribution in [0.1, 0.15) is 45.4 Å². The molecule has 0 spiro atoms. The van der Waals surface area contributed by atoms with Gasteiger partial charge < -0.3 is 10.6 Å². The van der Waals surface area contributed by atoms with Gasteiger partial charge in [-0.05, 0) is 32.2 Å². The molecule has 4 heteroatoms. The summed E-state index contributed by atoms with van der Waals surface area (Å²) in [5, 5.41) is 6.44. The van der Waals surface area contributed by atoms with Crippen LogP contribution in [0.3, 0.4) is 0 Å². The maximum atomic E-state index is 12.3. The summed E-state index contributed by atoms with van der Waals surface area (Å²) in [5.41, 5.74) is 1.33. The van der Waals surface area contributed by atoms with Crippen molar-refractivity contribution in [3.63, 3.8) is 0 Å². The molecular formula is C14H25ClN2O. The number of hydrogen-bond donors (Lipinski definition) is 2. The Hall–Kier alpha value is -0.540. The molecule has 1 aliphatic carbocycles. The molecule has 3 nitrogen and oxygen atoms in total. The quantitative estimate of drug-likeness (QED) is 0.772. The fourth-order valence-corrected chi connectivity index (χ4v) is 3.00. The van der Waals surface area contributed by atoms with Gasteiger partial charge in [-0.2, -0.15) is 0 Å². The van der Waals surface area contributed by atoms with Crippen molar-refractivity contribution in [3.05, 3.63) is 11.6 Å². The van der Waals surface area contributed by atoms with Gasteiger partial charge in [0.05, 0.1) is 0 Å². The van der Waals surface area contributed by atoms with E-state index in [-0.39, 0.29) is 23.7 Å². The first-order chi connectivity index (χ1) is 8.27. The first-order valence-corrected chi connectivity index (χ1v) is 6.94. The van der Waals surface area contributed by atoms with E-state index in [9.17, 15) is 4.79 Å². The average Bonchev–Trinajstić information content (AvgIpc) is 2.87. The molecule has 1 amide bonds. The van der Waals surface area contributed by atoms with Gasteiger partial charge in [0.25, 0.3) is 0 Å². The fourth-order valence-electron chi connectivity index (χ4n) is 3.00. The number of halogens is 1. The average molecular weight is 273 g/mol. The zero-order valence-corrected chi connectivity index (χ0v) is 12.1. The highest BCUT2D eigenvalue weighted by atomic mass is 35.5. The molecular weight excluding hydrogens is 248 g/mol. The largest absolute Gasteiger partial charge is 0.352 e.